The molecule has 0 N–H and O–H groups in total. The topological polar surface area (TPSA) is 33.5 Å². The van der Waals surface area contributed by atoms with Crippen molar-refractivity contribution < 1.29 is 9.21 Å². The van der Waals surface area contributed by atoms with Crippen molar-refractivity contribution in [2.75, 3.05) is 0 Å². The van der Waals surface area contributed by atoms with Crippen molar-refractivity contribution >= 4 is 51.9 Å². The van der Waals surface area contributed by atoms with Gasteiger partial charge >= 0.3 is 0 Å². The zero-order valence-electron chi connectivity index (χ0n) is 14.1. The number of carbonyl (C=O) groups is 1. The summed E-state index contributed by atoms with van der Waals surface area (Å²) in [6, 6.07) is 20.9. The number of amides is 1. The number of nitrogens with zero attached hydrogens (tertiary/aromatic N) is 1. The molecule has 2 aromatic carbocycles. The number of rotatable bonds is 4. The molecule has 0 radical (unpaired) electrons. The summed E-state index contributed by atoms with van der Waals surface area (Å²) in [6.45, 7) is 0.464. The molecule has 27 heavy (non-hydrogen) atoms. The summed E-state index contributed by atoms with van der Waals surface area (Å²) >= 11 is 12.9. The number of thioether (sulfide) groups is 1. The molecule has 0 spiro atoms. The molecule has 0 aliphatic carbocycles. The van der Waals surface area contributed by atoms with Crippen molar-refractivity contribution in [3.8, 4) is 11.3 Å². The van der Waals surface area contributed by atoms with E-state index in [1.54, 1.807) is 11.0 Å². The summed E-state index contributed by atoms with van der Waals surface area (Å²) in [4.78, 5) is 14.9. The lowest BCUT2D eigenvalue weighted by molar-refractivity contribution is -0.122. The Morgan fingerprint density at radius 3 is 2.56 bits per heavy atom. The van der Waals surface area contributed by atoms with Crippen molar-refractivity contribution in [1.82, 2.24) is 4.90 Å². The van der Waals surface area contributed by atoms with E-state index < -0.39 is 0 Å². The highest BCUT2D eigenvalue weighted by Crippen LogP contribution is 2.35. The van der Waals surface area contributed by atoms with Gasteiger partial charge in [0.25, 0.3) is 5.91 Å². The van der Waals surface area contributed by atoms with Crippen molar-refractivity contribution in [1.29, 1.82) is 0 Å². The minimum atomic E-state index is -0.107. The maximum atomic E-state index is 12.7. The van der Waals surface area contributed by atoms with E-state index in [9.17, 15) is 4.79 Å². The maximum absolute atomic E-state index is 12.7. The number of thiocarbonyl (C=S) groups is 1. The highest BCUT2D eigenvalue weighted by Gasteiger charge is 2.32. The number of benzene rings is 2. The monoisotopic (exact) mass is 411 g/mol. The molecule has 6 heteroatoms. The van der Waals surface area contributed by atoms with Gasteiger partial charge < -0.3 is 4.42 Å². The Morgan fingerprint density at radius 1 is 1.04 bits per heavy atom. The molecule has 0 unspecified atom stereocenters. The Hall–Kier alpha value is -2.34. The minimum Gasteiger partial charge on any atom is -0.457 e. The predicted molar refractivity (Wildman–Crippen MR) is 114 cm³/mol. The van der Waals surface area contributed by atoms with E-state index in [-0.39, 0.29) is 5.91 Å². The van der Waals surface area contributed by atoms with Gasteiger partial charge in [-0.2, -0.15) is 0 Å². The van der Waals surface area contributed by atoms with Crippen LogP contribution in [0, 0.1) is 0 Å². The lowest BCUT2D eigenvalue weighted by Crippen LogP contribution is -2.27. The number of hydrogen-bond donors (Lipinski definition) is 0. The summed E-state index contributed by atoms with van der Waals surface area (Å²) in [7, 11) is 0. The highest BCUT2D eigenvalue weighted by atomic mass is 35.5. The van der Waals surface area contributed by atoms with Crippen LogP contribution in [0.2, 0.25) is 5.02 Å². The van der Waals surface area contributed by atoms with Gasteiger partial charge in [0, 0.05) is 11.6 Å². The Kier molecular flexibility index (Phi) is 5.16. The van der Waals surface area contributed by atoms with Crippen molar-refractivity contribution in [2.24, 2.45) is 0 Å². The summed E-state index contributed by atoms with van der Waals surface area (Å²) in [6.07, 6.45) is 1.73. The smallest absolute Gasteiger partial charge is 0.266 e. The van der Waals surface area contributed by atoms with Crippen LogP contribution in [-0.2, 0) is 11.3 Å². The predicted octanol–water partition coefficient (Wildman–Crippen LogP) is 6.00. The first-order valence-corrected chi connectivity index (χ1v) is 9.86. The van der Waals surface area contributed by atoms with Gasteiger partial charge in [0.2, 0.25) is 0 Å². The van der Waals surface area contributed by atoms with Gasteiger partial charge in [-0.05, 0) is 29.8 Å². The Bertz CT molecular complexity index is 1040. The fourth-order valence-electron chi connectivity index (χ4n) is 2.77. The highest BCUT2D eigenvalue weighted by molar-refractivity contribution is 8.26. The fourth-order valence-corrected chi connectivity index (χ4v) is 4.23. The number of hydrogen-bond acceptors (Lipinski definition) is 4. The van der Waals surface area contributed by atoms with Gasteiger partial charge in [0.15, 0.2) is 0 Å². The SMILES string of the molecule is O=C1/C(=C\c2ccc(-c3ccccc3Cl)o2)SC(=S)N1Cc1ccccc1. The molecule has 0 bridgehead atoms. The second-order valence-electron chi connectivity index (χ2n) is 5.94. The third kappa shape index (κ3) is 3.86. The molecule has 3 aromatic rings. The maximum Gasteiger partial charge on any atom is 0.266 e. The van der Waals surface area contributed by atoms with Crippen LogP contribution in [0.5, 0.6) is 0 Å². The quantitative estimate of drug-likeness (QED) is 0.389. The van der Waals surface area contributed by atoms with Gasteiger partial charge in [0.05, 0.1) is 16.5 Å². The molecular weight excluding hydrogens is 398 g/mol. The van der Waals surface area contributed by atoms with Gasteiger partial charge in [0.1, 0.15) is 15.8 Å². The second-order valence-corrected chi connectivity index (χ2v) is 8.02. The van der Waals surface area contributed by atoms with Crippen LogP contribution in [0.15, 0.2) is 76.1 Å². The third-order valence-electron chi connectivity index (χ3n) is 4.10. The van der Waals surface area contributed by atoms with E-state index in [1.165, 1.54) is 11.8 Å². The van der Waals surface area contributed by atoms with Gasteiger partial charge in [-0.3, -0.25) is 9.69 Å². The molecule has 134 valence electrons. The second kappa shape index (κ2) is 7.72. The molecule has 1 saturated heterocycles. The number of furan rings is 1. The van der Waals surface area contributed by atoms with Crippen LogP contribution >= 0.6 is 35.6 Å². The van der Waals surface area contributed by atoms with Crippen LogP contribution < -0.4 is 0 Å². The molecular formula is C21H14ClNO2S2. The Balaban J connectivity index is 1.56. The van der Waals surface area contributed by atoms with Crippen LogP contribution in [0.3, 0.4) is 0 Å². The fraction of sp³-hybridized carbons (Fsp3) is 0.0476. The van der Waals surface area contributed by atoms with Gasteiger partial charge in [-0.15, -0.1) is 0 Å². The lowest BCUT2D eigenvalue weighted by Gasteiger charge is -2.14. The van der Waals surface area contributed by atoms with E-state index in [0.29, 0.717) is 32.3 Å². The molecule has 1 fully saturated rings. The third-order valence-corrected chi connectivity index (χ3v) is 5.80. The average Bonchev–Trinajstić information content (AvgIpc) is 3.23. The molecule has 3 nitrogen and oxygen atoms in total. The average molecular weight is 412 g/mol. The summed E-state index contributed by atoms with van der Waals surface area (Å²) < 4.78 is 6.41. The summed E-state index contributed by atoms with van der Waals surface area (Å²) in [5.74, 6) is 1.14. The Morgan fingerprint density at radius 2 is 1.78 bits per heavy atom. The first-order valence-electron chi connectivity index (χ1n) is 8.26. The number of carbonyl (C=O) groups excluding carboxylic acids is 1. The van der Waals surface area contributed by atoms with E-state index in [0.717, 1.165) is 11.1 Å². The van der Waals surface area contributed by atoms with Crippen molar-refractivity contribution in [3.63, 3.8) is 0 Å². The molecule has 0 atom stereocenters. The standard InChI is InChI=1S/C21H14ClNO2S2/c22-17-9-5-4-8-16(17)18-11-10-15(25-18)12-19-20(24)23(21(26)27-19)13-14-6-2-1-3-7-14/h1-12H,13H2/b19-12+. The summed E-state index contributed by atoms with van der Waals surface area (Å²) in [5.41, 5.74) is 1.85. The molecule has 4 rings (SSSR count). The lowest BCUT2D eigenvalue weighted by atomic mass is 10.2. The van der Waals surface area contributed by atoms with Crippen LogP contribution in [-0.4, -0.2) is 15.1 Å². The number of halogens is 1. The van der Waals surface area contributed by atoms with Gasteiger partial charge in [-0.1, -0.05) is 78.0 Å². The largest absolute Gasteiger partial charge is 0.457 e. The van der Waals surface area contributed by atoms with E-state index in [4.69, 9.17) is 28.2 Å². The molecule has 2 heterocycles. The zero-order chi connectivity index (χ0) is 18.8. The normalized spacial score (nSPS) is 15.7. The van der Waals surface area contributed by atoms with Crippen LogP contribution in [0.1, 0.15) is 11.3 Å². The van der Waals surface area contributed by atoms with Crippen molar-refractivity contribution in [3.05, 3.63) is 88.0 Å². The zero-order valence-corrected chi connectivity index (χ0v) is 16.5. The molecule has 0 saturated carbocycles. The van der Waals surface area contributed by atoms with Crippen LogP contribution in [0.4, 0.5) is 0 Å². The minimum absolute atomic E-state index is 0.107. The van der Waals surface area contributed by atoms with Gasteiger partial charge in [-0.25, -0.2) is 0 Å². The first-order chi connectivity index (χ1) is 13.1. The Labute approximate surface area is 171 Å². The van der Waals surface area contributed by atoms with E-state index in [1.807, 2.05) is 66.7 Å². The summed E-state index contributed by atoms with van der Waals surface area (Å²) in [5, 5.41) is 0.618. The molecule has 1 aliphatic heterocycles. The van der Waals surface area contributed by atoms with E-state index >= 15 is 0 Å². The molecule has 1 aliphatic rings. The molecule has 1 amide bonds. The van der Waals surface area contributed by atoms with Crippen LogP contribution in [0.25, 0.3) is 17.4 Å². The molecule has 1 aromatic heterocycles. The van der Waals surface area contributed by atoms with E-state index in [2.05, 4.69) is 0 Å². The first kappa shape index (κ1) is 18.0. The van der Waals surface area contributed by atoms with Crippen molar-refractivity contribution in [2.45, 2.75) is 6.54 Å².